The zero-order valence-electron chi connectivity index (χ0n) is 24.3. The van der Waals surface area contributed by atoms with Crippen LogP contribution in [0.4, 0.5) is 53.9 Å². The van der Waals surface area contributed by atoms with E-state index in [-0.39, 0.29) is 23.5 Å². The Hall–Kier alpha value is -4.76. The lowest BCUT2D eigenvalue weighted by atomic mass is 9.92. The molecule has 0 spiro atoms. The first kappa shape index (κ1) is 32.6. The lowest BCUT2D eigenvalue weighted by Gasteiger charge is -2.36. The molecule has 10 nitrogen and oxygen atoms in total. The fraction of sp³-hybridized carbons (Fsp3) is 0.400. The van der Waals surface area contributed by atoms with Gasteiger partial charge < -0.3 is 25.2 Å². The van der Waals surface area contributed by atoms with Crippen molar-refractivity contribution >= 4 is 28.8 Å². The number of carbonyl (C=O) groups is 1. The number of ether oxygens (including phenoxy) is 1. The summed E-state index contributed by atoms with van der Waals surface area (Å²) in [5.74, 6) is 0.557. The van der Waals surface area contributed by atoms with Crippen LogP contribution < -0.4 is 20.3 Å². The molecule has 1 aliphatic heterocycles. The van der Waals surface area contributed by atoms with Crippen molar-refractivity contribution in [2.75, 3.05) is 41.7 Å². The molecule has 46 heavy (non-hydrogen) atoms. The topological polar surface area (TPSA) is 113 Å². The number of aromatic nitrogens is 1. The molecule has 1 saturated heterocycles. The Labute approximate surface area is 259 Å². The van der Waals surface area contributed by atoms with Crippen LogP contribution in [-0.4, -0.2) is 59.2 Å². The number of nitrogens with zero attached hydrogens (tertiary/aromatic N) is 4. The first-order valence-corrected chi connectivity index (χ1v) is 14.5. The molecule has 1 aromatic heterocycles. The summed E-state index contributed by atoms with van der Waals surface area (Å²) in [4.78, 5) is 30.5. The number of halogens is 6. The van der Waals surface area contributed by atoms with E-state index in [1.807, 2.05) is 11.0 Å². The molecule has 0 bridgehead atoms. The van der Waals surface area contributed by atoms with E-state index in [0.29, 0.717) is 57.6 Å². The highest BCUT2D eigenvalue weighted by molar-refractivity contribution is 5.89. The zero-order chi connectivity index (χ0) is 33.1. The van der Waals surface area contributed by atoms with E-state index in [9.17, 15) is 41.3 Å². The first-order chi connectivity index (χ1) is 21.8. The molecule has 5 rings (SSSR count). The van der Waals surface area contributed by atoms with Crippen LogP contribution >= 0.6 is 0 Å². The van der Waals surface area contributed by atoms with Gasteiger partial charge in [0.25, 0.3) is 5.69 Å². The van der Waals surface area contributed by atoms with E-state index >= 15 is 0 Å². The molecule has 1 saturated carbocycles. The molecule has 2 aromatic carbocycles. The monoisotopic (exact) mass is 652 g/mol. The van der Waals surface area contributed by atoms with Crippen LogP contribution in [0.5, 0.6) is 5.75 Å². The number of anilines is 3. The van der Waals surface area contributed by atoms with E-state index < -0.39 is 40.1 Å². The third-order valence-corrected chi connectivity index (χ3v) is 7.94. The minimum atomic E-state index is -4.85. The lowest BCUT2D eigenvalue weighted by molar-refractivity contribution is -0.388. The van der Waals surface area contributed by atoms with Gasteiger partial charge in [0.05, 0.1) is 34.7 Å². The highest BCUT2D eigenvalue weighted by Gasteiger charge is 2.38. The molecule has 2 N–H and O–H groups in total. The quantitative estimate of drug-likeness (QED) is 0.158. The second-order valence-corrected chi connectivity index (χ2v) is 11.1. The van der Waals surface area contributed by atoms with E-state index in [1.54, 1.807) is 17.3 Å². The second-order valence-electron chi connectivity index (χ2n) is 11.1. The number of rotatable bonds is 7. The third kappa shape index (κ3) is 8.09. The predicted octanol–water partition coefficient (Wildman–Crippen LogP) is 7.18. The molecule has 2 heterocycles. The maximum atomic E-state index is 13.3. The fourth-order valence-corrected chi connectivity index (χ4v) is 5.52. The molecule has 3 aromatic rings. The first-order valence-electron chi connectivity index (χ1n) is 14.5. The Morgan fingerprint density at radius 3 is 2.13 bits per heavy atom. The van der Waals surface area contributed by atoms with Crippen LogP contribution in [0.1, 0.15) is 36.8 Å². The Kier molecular flexibility index (Phi) is 9.44. The Bertz CT molecular complexity index is 1540. The summed E-state index contributed by atoms with van der Waals surface area (Å²) in [6, 6.07) is 8.47. The summed E-state index contributed by atoms with van der Waals surface area (Å²) in [5, 5.41) is 16.7. The van der Waals surface area contributed by atoms with Gasteiger partial charge in [-0.05, 0) is 62.1 Å². The van der Waals surface area contributed by atoms with Crippen molar-refractivity contribution in [3.63, 3.8) is 0 Å². The molecule has 2 amide bonds. The van der Waals surface area contributed by atoms with Crippen LogP contribution in [0.2, 0.25) is 0 Å². The zero-order valence-corrected chi connectivity index (χ0v) is 24.3. The van der Waals surface area contributed by atoms with Crippen LogP contribution in [0.3, 0.4) is 0 Å². The van der Waals surface area contributed by atoms with Crippen molar-refractivity contribution in [2.45, 2.75) is 50.2 Å². The average Bonchev–Trinajstić information content (AvgIpc) is 3.01. The fourth-order valence-electron chi connectivity index (χ4n) is 5.52. The Morgan fingerprint density at radius 2 is 1.52 bits per heavy atom. The van der Waals surface area contributed by atoms with Crippen molar-refractivity contribution in [2.24, 2.45) is 0 Å². The summed E-state index contributed by atoms with van der Waals surface area (Å²) < 4.78 is 84.5. The maximum Gasteiger partial charge on any atom is 0.423 e. The molecule has 2 aliphatic rings. The molecule has 0 radical (unpaired) electrons. The standard InChI is InChI=1S/C30H30F6N6O4/c31-29(32,33)19-1-3-21(4-2-19)39-28(43)41-13-11-40(12-14-41)23-16-25(18-37-17-23)46-24-8-5-20(6-9-24)38-22-7-10-27(42(44)45)26(15-22)30(34,35)36/h1-4,7,10,15-18,20,24,38H,5-6,8-9,11-14H2,(H,39,43)/t20-,24-. The number of hydrogen-bond donors (Lipinski definition) is 2. The number of hydrogen-bond acceptors (Lipinski definition) is 7. The number of pyridine rings is 1. The van der Waals surface area contributed by atoms with Gasteiger partial charge >= 0.3 is 18.4 Å². The maximum absolute atomic E-state index is 13.3. The van der Waals surface area contributed by atoms with E-state index in [2.05, 4.69) is 15.6 Å². The van der Waals surface area contributed by atoms with E-state index in [4.69, 9.17) is 4.74 Å². The molecule has 0 unspecified atom stereocenters. The van der Waals surface area contributed by atoms with Gasteiger partial charge in [-0.1, -0.05) is 0 Å². The summed E-state index contributed by atoms with van der Waals surface area (Å²) >= 11 is 0. The normalized spacial score (nSPS) is 19.0. The van der Waals surface area contributed by atoms with Gasteiger partial charge in [-0.15, -0.1) is 0 Å². The molecule has 2 fully saturated rings. The van der Waals surface area contributed by atoms with Gasteiger partial charge in [-0.3, -0.25) is 15.1 Å². The largest absolute Gasteiger partial charge is 0.489 e. The van der Waals surface area contributed by atoms with Crippen LogP contribution in [0.25, 0.3) is 0 Å². The lowest BCUT2D eigenvalue weighted by Crippen LogP contribution is -2.50. The summed E-state index contributed by atoms with van der Waals surface area (Å²) in [5.41, 5.74) is -1.86. The average molecular weight is 653 g/mol. The summed E-state index contributed by atoms with van der Waals surface area (Å²) in [6.45, 7) is 1.77. The van der Waals surface area contributed by atoms with Crippen LogP contribution in [0, 0.1) is 10.1 Å². The van der Waals surface area contributed by atoms with Gasteiger partial charge in [0.2, 0.25) is 0 Å². The van der Waals surface area contributed by atoms with Gasteiger partial charge in [-0.25, -0.2) is 4.79 Å². The second kappa shape index (κ2) is 13.3. The molecule has 1 aliphatic carbocycles. The molecular formula is C30H30F6N6O4. The smallest absolute Gasteiger partial charge is 0.423 e. The van der Waals surface area contributed by atoms with Crippen molar-refractivity contribution in [1.82, 2.24) is 9.88 Å². The minimum Gasteiger partial charge on any atom is -0.489 e. The van der Waals surface area contributed by atoms with Crippen molar-refractivity contribution in [3.05, 3.63) is 82.2 Å². The van der Waals surface area contributed by atoms with Gasteiger partial charge in [-0.2, -0.15) is 26.3 Å². The summed E-state index contributed by atoms with van der Waals surface area (Å²) in [6.07, 6.45) is -3.66. The van der Waals surface area contributed by atoms with Gasteiger partial charge in [0, 0.05) is 55.7 Å². The Morgan fingerprint density at radius 1 is 0.870 bits per heavy atom. The number of amides is 2. The molecule has 0 atom stereocenters. The predicted molar refractivity (Wildman–Crippen MR) is 157 cm³/mol. The number of urea groups is 1. The van der Waals surface area contributed by atoms with Crippen molar-refractivity contribution in [3.8, 4) is 5.75 Å². The number of piperazine rings is 1. The molecule has 246 valence electrons. The highest BCUT2D eigenvalue weighted by Crippen LogP contribution is 2.38. The van der Waals surface area contributed by atoms with Crippen molar-refractivity contribution < 1.29 is 40.8 Å². The van der Waals surface area contributed by atoms with Crippen LogP contribution in [-0.2, 0) is 12.4 Å². The van der Waals surface area contributed by atoms with E-state index in [0.717, 1.165) is 30.0 Å². The highest BCUT2D eigenvalue weighted by atomic mass is 19.4. The van der Waals surface area contributed by atoms with Crippen LogP contribution in [0.15, 0.2) is 60.9 Å². The third-order valence-electron chi connectivity index (χ3n) is 7.94. The molecule has 16 heteroatoms. The number of nitrogens with one attached hydrogen (secondary N) is 2. The number of benzene rings is 2. The van der Waals surface area contributed by atoms with Gasteiger partial charge in [0.1, 0.15) is 11.3 Å². The number of nitro benzene ring substituents is 1. The Balaban J connectivity index is 1.09. The SMILES string of the molecule is O=C(Nc1ccc(C(F)(F)F)cc1)N1CCN(c2cncc(O[C@H]3CC[C@H](Nc4ccc([N+](=O)[O-])c(C(F)(F)F)c4)CC3)c2)CC1. The van der Waals surface area contributed by atoms with Crippen molar-refractivity contribution in [1.29, 1.82) is 0 Å². The minimum absolute atomic E-state index is 0.125. The van der Waals surface area contributed by atoms with E-state index in [1.165, 1.54) is 18.2 Å². The number of alkyl halides is 6. The summed E-state index contributed by atoms with van der Waals surface area (Å²) in [7, 11) is 0. The molecular weight excluding hydrogens is 622 g/mol. The number of carbonyl (C=O) groups excluding carboxylic acids is 1. The van der Waals surface area contributed by atoms with Gasteiger partial charge in [0.15, 0.2) is 0 Å². The number of nitro groups is 1.